The Labute approximate surface area is 95.0 Å². The fraction of sp³-hybridized carbons (Fsp3) is 0.909. The SMILES string of the molecule is CC(CC1CC1)NC(=O)C(Br)C(C)C. The van der Waals surface area contributed by atoms with Gasteiger partial charge in [0.2, 0.25) is 5.91 Å². The highest BCUT2D eigenvalue weighted by Gasteiger charge is 2.26. The predicted molar refractivity (Wildman–Crippen MR) is 62.5 cm³/mol. The van der Waals surface area contributed by atoms with Gasteiger partial charge in [-0.1, -0.05) is 42.6 Å². The van der Waals surface area contributed by atoms with E-state index in [0.717, 1.165) is 12.3 Å². The predicted octanol–water partition coefficient (Wildman–Crippen LogP) is 2.71. The summed E-state index contributed by atoms with van der Waals surface area (Å²) in [5.41, 5.74) is 0. The lowest BCUT2D eigenvalue weighted by Crippen LogP contribution is -2.39. The normalized spacial score (nSPS) is 20.6. The van der Waals surface area contributed by atoms with Crippen molar-refractivity contribution < 1.29 is 4.79 Å². The van der Waals surface area contributed by atoms with Gasteiger partial charge in [0.05, 0.1) is 4.83 Å². The van der Waals surface area contributed by atoms with E-state index in [1.165, 1.54) is 12.8 Å². The van der Waals surface area contributed by atoms with Gasteiger partial charge in [-0.3, -0.25) is 4.79 Å². The number of carbonyl (C=O) groups excluding carboxylic acids is 1. The van der Waals surface area contributed by atoms with E-state index in [1.807, 2.05) is 13.8 Å². The Morgan fingerprint density at radius 3 is 2.43 bits per heavy atom. The molecule has 1 fully saturated rings. The Bertz CT molecular complexity index is 201. The van der Waals surface area contributed by atoms with Gasteiger partial charge in [-0.05, 0) is 25.2 Å². The van der Waals surface area contributed by atoms with Crippen LogP contribution >= 0.6 is 15.9 Å². The average molecular weight is 262 g/mol. The lowest BCUT2D eigenvalue weighted by molar-refractivity contribution is -0.121. The Balaban J connectivity index is 2.23. The lowest BCUT2D eigenvalue weighted by atomic mass is 10.1. The van der Waals surface area contributed by atoms with Crippen molar-refractivity contribution in [3.63, 3.8) is 0 Å². The number of halogens is 1. The first-order valence-electron chi connectivity index (χ1n) is 5.45. The van der Waals surface area contributed by atoms with Gasteiger partial charge < -0.3 is 5.32 Å². The van der Waals surface area contributed by atoms with Crippen LogP contribution in [0.2, 0.25) is 0 Å². The number of hydrogen-bond donors (Lipinski definition) is 1. The molecule has 0 saturated heterocycles. The number of carbonyl (C=O) groups is 1. The molecule has 0 spiro atoms. The summed E-state index contributed by atoms with van der Waals surface area (Å²) in [5, 5.41) is 3.05. The second-order valence-electron chi connectivity index (χ2n) is 4.73. The molecule has 0 aromatic heterocycles. The minimum Gasteiger partial charge on any atom is -0.353 e. The minimum atomic E-state index is -0.0517. The fourth-order valence-corrected chi connectivity index (χ4v) is 1.67. The Kier molecular flexibility index (Phi) is 4.42. The van der Waals surface area contributed by atoms with Crippen LogP contribution in [0.4, 0.5) is 0 Å². The van der Waals surface area contributed by atoms with Gasteiger partial charge in [-0.25, -0.2) is 0 Å². The number of amides is 1. The summed E-state index contributed by atoms with van der Waals surface area (Å²) in [7, 11) is 0. The molecule has 3 heteroatoms. The molecular formula is C11H20BrNO. The summed E-state index contributed by atoms with van der Waals surface area (Å²) in [5.74, 6) is 1.36. The lowest BCUT2D eigenvalue weighted by Gasteiger charge is -2.18. The molecule has 2 nitrogen and oxygen atoms in total. The summed E-state index contributed by atoms with van der Waals surface area (Å²) in [6.45, 7) is 6.19. The third kappa shape index (κ3) is 3.99. The second-order valence-corrected chi connectivity index (χ2v) is 5.72. The third-order valence-corrected chi connectivity index (χ3v) is 4.08. The van der Waals surface area contributed by atoms with Crippen LogP contribution in [0.25, 0.3) is 0 Å². The van der Waals surface area contributed by atoms with Crippen LogP contribution in [0.3, 0.4) is 0 Å². The maximum absolute atomic E-state index is 11.6. The van der Waals surface area contributed by atoms with Crippen molar-refractivity contribution in [3.8, 4) is 0 Å². The molecule has 2 unspecified atom stereocenters. The molecule has 1 saturated carbocycles. The van der Waals surface area contributed by atoms with Gasteiger partial charge in [0.15, 0.2) is 0 Å². The third-order valence-electron chi connectivity index (χ3n) is 2.61. The number of nitrogens with one attached hydrogen (secondary N) is 1. The van der Waals surface area contributed by atoms with Crippen molar-refractivity contribution in [3.05, 3.63) is 0 Å². The molecule has 1 aliphatic rings. The summed E-state index contributed by atoms with van der Waals surface area (Å²) >= 11 is 3.41. The van der Waals surface area contributed by atoms with E-state index in [0.29, 0.717) is 12.0 Å². The fourth-order valence-electron chi connectivity index (χ4n) is 1.54. The molecule has 0 aliphatic heterocycles. The van der Waals surface area contributed by atoms with E-state index >= 15 is 0 Å². The Hall–Kier alpha value is -0.0500. The summed E-state index contributed by atoms with van der Waals surface area (Å²) in [6.07, 6.45) is 3.84. The molecule has 1 rings (SSSR count). The molecule has 1 amide bonds. The first kappa shape index (κ1) is 12.0. The van der Waals surface area contributed by atoms with Crippen molar-refractivity contribution in [1.29, 1.82) is 0 Å². The van der Waals surface area contributed by atoms with Gasteiger partial charge in [-0.2, -0.15) is 0 Å². The molecule has 2 atom stereocenters. The van der Waals surface area contributed by atoms with Crippen molar-refractivity contribution in [2.24, 2.45) is 11.8 Å². The van der Waals surface area contributed by atoms with E-state index in [1.54, 1.807) is 0 Å². The van der Waals surface area contributed by atoms with Crippen LogP contribution in [0.15, 0.2) is 0 Å². The Morgan fingerprint density at radius 2 is 2.00 bits per heavy atom. The van der Waals surface area contributed by atoms with Crippen molar-refractivity contribution in [2.75, 3.05) is 0 Å². The first-order chi connectivity index (χ1) is 6.50. The van der Waals surface area contributed by atoms with E-state index in [-0.39, 0.29) is 10.7 Å². The number of rotatable bonds is 5. The molecule has 1 aliphatic carbocycles. The van der Waals surface area contributed by atoms with Crippen LogP contribution in [0.5, 0.6) is 0 Å². The highest BCUT2D eigenvalue weighted by Crippen LogP contribution is 2.33. The zero-order chi connectivity index (χ0) is 10.7. The molecule has 0 bridgehead atoms. The molecule has 0 aromatic carbocycles. The van der Waals surface area contributed by atoms with Gasteiger partial charge in [0.1, 0.15) is 0 Å². The maximum Gasteiger partial charge on any atom is 0.234 e. The van der Waals surface area contributed by atoms with Crippen LogP contribution in [-0.2, 0) is 4.79 Å². The smallest absolute Gasteiger partial charge is 0.234 e. The Morgan fingerprint density at radius 1 is 1.43 bits per heavy atom. The van der Waals surface area contributed by atoms with E-state index < -0.39 is 0 Å². The second kappa shape index (κ2) is 5.15. The zero-order valence-corrected chi connectivity index (χ0v) is 10.8. The van der Waals surface area contributed by atoms with Crippen molar-refractivity contribution >= 4 is 21.8 Å². The largest absolute Gasteiger partial charge is 0.353 e. The van der Waals surface area contributed by atoms with Gasteiger partial charge in [0.25, 0.3) is 0 Å². The quantitative estimate of drug-likeness (QED) is 0.758. The molecular weight excluding hydrogens is 242 g/mol. The van der Waals surface area contributed by atoms with E-state index in [2.05, 4.69) is 28.2 Å². The standard InChI is InChI=1S/C11H20BrNO/c1-7(2)10(12)11(14)13-8(3)6-9-4-5-9/h7-10H,4-6H2,1-3H3,(H,13,14). The molecule has 0 radical (unpaired) electrons. The molecule has 1 N–H and O–H groups in total. The van der Waals surface area contributed by atoms with Crippen LogP contribution in [-0.4, -0.2) is 16.8 Å². The van der Waals surface area contributed by atoms with Crippen molar-refractivity contribution in [2.45, 2.75) is 50.9 Å². The zero-order valence-electron chi connectivity index (χ0n) is 9.22. The molecule has 0 heterocycles. The monoisotopic (exact) mass is 261 g/mol. The topological polar surface area (TPSA) is 29.1 Å². The molecule has 82 valence electrons. The first-order valence-corrected chi connectivity index (χ1v) is 6.36. The number of alkyl halides is 1. The van der Waals surface area contributed by atoms with E-state index in [9.17, 15) is 4.79 Å². The summed E-state index contributed by atoms with van der Waals surface area (Å²) < 4.78 is 0. The maximum atomic E-state index is 11.6. The number of hydrogen-bond acceptors (Lipinski definition) is 1. The van der Waals surface area contributed by atoms with Gasteiger partial charge in [-0.15, -0.1) is 0 Å². The highest BCUT2D eigenvalue weighted by molar-refractivity contribution is 9.10. The minimum absolute atomic E-state index is 0.0517. The highest BCUT2D eigenvalue weighted by atomic mass is 79.9. The van der Waals surface area contributed by atoms with Gasteiger partial charge in [0, 0.05) is 6.04 Å². The molecule has 14 heavy (non-hydrogen) atoms. The van der Waals surface area contributed by atoms with E-state index in [4.69, 9.17) is 0 Å². The molecule has 0 aromatic rings. The average Bonchev–Trinajstić information content (AvgIpc) is 2.86. The van der Waals surface area contributed by atoms with Crippen LogP contribution in [0, 0.1) is 11.8 Å². The summed E-state index contributed by atoms with van der Waals surface area (Å²) in [6, 6.07) is 0.328. The van der Waals surface area contributed by atoms with Crippen LogP contribution < -0.4 is 5.32 Å². The summed E-state index contributed by atoms with van der Waals surface area (Å²) in [4.78, 5) is 11.6. The van der Waals surface area contributed by atoms with Crippen LogP contribution in [0.1, 0.15) is 40.0 Å². The van der Waals surface area contributed by atoms with Gasteiger partial charge >= 0.3 is 0 Å². The van der Waals surface area contributed by atoms with Crippen molar-refractivity contribution in [1.82, 2.24) is 5.32 Å².